The standard InChI is InChI=1S/C44H34Cl8N8O6/c1-5-21-11-27(53-43(65)36(19(3)61)59-57-34-13-23(7-9-28(34)47)41(63)55-39-30(49)15-25(45)16-31(39)50)12-22(6-2)38(21)54-44(66)37(20(4)62)60-58-35-14-24(8-10-29(35)48)42(64)56-40-32(51)17-26(46)18-33(40)52/h7-18,36-37H,5-6H2,1-4H3,(H,53,65)(H,54,66)(H,55,63)(H,56,64). The predicted octanol–water partition coefficient (Wildman–Crippen LogP) is 13.9. The lowest BCUT2D eigenvalue weighted by Gasteiger charge is -2.19. The van der Waals surface area contributed by atoms with Crippen LogP contribution in [0.5, 0.6) is 0 Å². The van der Waals surface area contributed by atoms with E-state index in [1.807, 2.05) is 13.8 Å². The Bertz CT molecular complexity index is 2790. The fraction of sp³-hybridized carbons (Fsp3) is 0.182. The van der Waals surface area contributed by atoms with Crippen LogP contribution in [0.1, 0.15) is 59.5 Å². The summed E-state index contributed by atoms with van der Waals surface area (Å²) in [5, 5.41) is 27.8. The van der Waals surface area contributed by atoms with Crippen LogP contribution < -0.4 is 21.3 Å². The minimum absolute atomic E-state index is 0.0191. The van der Waals surface area contributed by atoms with Crippen LogP contribution in [0.4, 0.5) is 34.1 Å². The van der Waals surface area contributed by atoms with Gasteiger partial charge in [0.2, 0.25) is 12.1 Å². The van der Waals surface area contributed by atoms with Crippen molar-refractivity contribution < 1.29 is 28.8 Å². The Labute approximate surface area is 417 Å². The number of aryl methyl sites for hydroxylation is 2. The van der Waals surface area contributed by atoms with Gasteiger partial charge in [-0.25, -0.2) is 0 Å². The minimum atomic E-state index is -1.63. The zero-order valence-electron chi connectivity index (χ0n) is 34.8. The van der Waals surface area contributed by atoms with E-state index in [1.165, 1.54) is 60.7 Å². The lowest BCUT2D eigenvalue weighted by atomic mass is 10.0. The first-order valence-electron chi connectivity index (χ1n) is 19.3. The third kappa shape index (κ3) is 13.0. The summed E-state index contributed by atoms with van der Waals surface area (Å²) in [5.41, 5.74) is 2.11. The van der Waals surface area contributed by atoms with Gasteiger partial charge in [0.25, 0.3) is 23.6 Å². The van der Waals surface area contributed by atoms with Crippen molar-refractivity contribution in [2.45, 2.75) is 52.6 Å². The summed E-state index contributed by atoms with van der Waals surface area (Å²) < 4.78 is 0. The average molecular weight is 1050 g/mol. The van der Waals surface area contributed by atoms with Crippen LogP contribution in [-0.4, -0.2) is 47.3 Å². The van der Waals surface area contributed by atoms with Crippen molar-refractivity contribution in [3.63, 3.8) is 0 Å². The summed E-state index contributed by atoms with van der Waals surface area (Å²) in [6, 6.07) is 13.7. The molecule has 66 heavy (non-hydrogen) atoms. The number of rotatable bonds is 16. The van der Waals surface area contributed by atoms with Gasteiger partial charge in [0.1, 0.15) is 11.4 Å². The maximum atomic E-state index is 13.7. The van der Waals surface area contributed by atoms with Crippen LogP contribution in [0.15, 0.2) is 93.3 Å². The van der Waals surface area contributed by atoms with E-state index in [0.29, 0.717) is 29.7 Å². The highest BCUT2D eigenvalue weighted by atomic mass is 35.5. The fourth-order valence-electron chi connectivity index (χ4n) is 5.99. The van der Waals surface area contributed by atoms with Crippen LogP contribution in [0, 0.1) is 0 Å². The molecule has 22 heteroatoms. The van der Waals surface area contributed by atoms with Gasteiger partial charge in [-0.3, -0.25) is 28.8 Å². The molecule has 5 aromatic rings. The van der Waals surface area contributed by atoms with Gasteiger partial charge in [0, 0.05) is 32.5 Å². The Morgan fingerprint density at radius 2 is 0.833 bits per heavy atom. The number of Topliss-reactive ketones (excluding diaryl/α,β-unsaturated/α-hetero) is 2. The molecular weight excluding hydrogens is 1020 g/mol. The van der Waals surface area contributed by atoms with E-state index in [1.54, 1.807) is 12.1 Å². The number of carbonyl (C=O) groups excluding carboxylic acids is 6. The number of anilines is 4. The zero-order chi connectivity index (χ0) is 48.6. The Kier molecular flexibility index (Phi) is 18.1. The first-order valence-corrected chi connectivity index (χ1v) is 22.3. The van der Waals surface area contributed by atoms with E-state index in [2.05, 4.69) is 41.7 Å². The lowest BCUT2D eigenvalue weighted by Crippen LogP contribution is -2.33. The first kappa shape index (κ1) is 51.8. The van der Waals surface area contributed by atoms with E-state index < -0.39 is 47.3 Å². The van der Waals surface area contributed by atoms with E-state index in [4.69, 9.17) is 92.8 Å². The Morgan fingerprint density at radius 3 is 1.18 bits per heavy atom. The van der Waals surface area contributed by atoms with Gasteiger partial charge in [-0.15, -0.1) is 0 Å². The number of ketones is 2. The summed E-state index contributed by atoms with van der Waals surface area (Å²) >= 11 is 49.5. The number of carbonyl (C=O) groups is 6. The van der Waals surface area contributed by atoms with Gasteiger partial charge in [0.05, 0.1) is 41.5 Å². The van der Waals surface area contributed by atoms with Crippen molar-refractivity contribution >= 4 is 162 Å². The summed E-state index contributed by atoms with van der Waals surface area (Å²) in [6.07, 6.45) is 0.703. The van der Waals surface area contributed by atoms with Crippen molar-refractivity contribution in [1.82, 2.24) is 0 Å². The molecule has 0 fully saturated rings. The minimum Gasteiger partial charge on any atom is -0.324 e. The summed E-state index contributed by atoms with van der Waals surface area (Å²) in [7, 11) is 0. The van der Waals surface area contributed by atoms with Crippen LogP contribution in [-0.2, 0) is 32.0 Å². The van der Waals surface area contributed by atoms with Crippen molar-refractivity contribution in [1.29, 1.82) is 0 Å². The molecule has 0 aliphatic heterocycles. The van der Waals surface area contributed by atoms with Gasteiger partial charge < -0.3 is 21.3 Å². The largest absolute Gasteiger partial charge is 0.324 e. The van der Waals surface area contributed by atoms with Gasteiger partial charge in [-0.05, 0) is 111 Å². The molecular formula is C44H34Cl8N8O6. The monoisotopic (exact) mass is 1050 g/mol. The van der Waals surface area contributed by atoms with E-state index in [-0.39, 0.29) is 79.7 Å². The third-order valence-corrected chi connectivity index (χ3v) is 11.6. The Morgan fingerprint density at radius 1 is 0.470 bits per heavy atom. The molecule has 2 atom stereocenters. The molecule has 0 heterocycles. The second-order valence-electron chi connectivity index (χ2n) is 14.0. The average Bonchev–Trinajstić information content (AvgIpc) is 3.24. The normalized spacial score (nSPS) is 12.2. The number of halogens is 8. The highest BCUT2D eigenvalue weighted by molar-refractivity contribution is 6.43. The van der Waals surface area contributed by atoms with Crippen LogP contribution in [0.25, 0.3) is 0 Å². The van der Waals surface area contributed by atoms with E-state index in [9.17, 15) is 28.8 Å². The number of nitrogens with one attached hydrogen (secondary N) is 4. The lowest BCUT2D eigenvalue weighted by molar-refractivity contribution is -0.127. The van der Waals surface area contributed by atoms with E-state index >= 15 is 0 Å². The second-order valence-corrected chi connectivity index (χ2v) is 17.4. The van der Waals surface area contributed by atoms with Gasteiger partial charge >= 0.3 is 0 Å². The molecule has 0 bridgehead atoms. The molecule has 0 aliphatic rings. The molecule has 342 valence electrons. The molecule has 0 saturated carbocycles. The zero-order valence-corrected chi connectivity index (χ0v) is 40.8. The van der Waals surface area contributed by atoms with Crippen molar-refractivity contribution in [3.05, 3.63) is 135 Å². The Hall–Kier alpha value is -5.16. The number of azo groups is 2. The maximum Gasteiger partial charge on any atom is 0.258 e. The molecule has 4 N–H and O–H groups in total. The molecule has 5 aromatic carbocycles. The molecule has 14 nitrogen and oxygen atoms in total. The summed E-state index contributed by atoms with van der Waals surface area (Å²) in [6.45, 7) is 5.93. The highest BCUT2D eigenvalue weighted by Crippen LogP contribution is 2.37. The SMILES string of the molecule is CCc1cc(NC(=O)C(N=Nc2cc(C(=O)Nc3c(Cl)cc(Cl)cc3Cl)ccc2Cl)C(C)=O)cc(CC)c1NC(=O)C(N=Nc1cc(C(=O)Nc2c(Cl)cc(Cl)cc2Cl)ccc1Cl)C(C)=O. The molecule has 5 rings (SSSR count). The molecule has 4 amide bonds. The van der Waals surface area contributed by atoms with Gasteiger partial charge in [0.15, 0.2) is 11.6 Å². The van der Waals surface area contributed by atoms with Crippen molar-refractivity contribution in [3.8, 4) is 0 Å². The number of hydrogen-bond donors (Lipinski definition) is 4. The predicted molar refractivity (Wildman–Crippen MR) is 262 cm³/mol. The molecule has 2 unspecified atom stereocenters. The molecule has 0 radical (unpaired) electrons. The second kappa shape index (κ2) is 23.0. The molecule has 0 aromatic heterocycles. The first-order chi connectivity index (χ1) is 31.2. The molecule has 0 aliphatic carbocycles. The fourth-order valence-corrected chi connectivity index (χ4v) is 8.13. The number of amides is 4. The summed E-state index contributed by atoms with van der Waals surface area (Å²) in [4.78, 5) is 79.0. The quantitative estimate of drug-likeness (QED) is 0.0559. The number of benzene rings is 5. The van der Waals surface area contributed by atoms with Crippen LogP contribution >= 0.6 is 92.8 Å². The van der Waals surface area contributed by atoms with Crippen molar-refractivity contribution in [2.75, 3.05) is 21.3 Å². The molecule has 0 saturated heterocycles. The maximum absolute atomic E-state index is 13.7. The number of hydrogen-bond acceptors (Lipinski definition) is 10. The third-order valence-electron chi connectivity index (χ3n) is 9.32. The van der Waals surface area contributed by atoms with Gasteiger partial charge in [-0.2, -0.15) is 20.5 Å². The topological polar surface area (TPSA) is 200 Å². The van der Waals surface area contributed by atoms with Crippen molar-refractivity contribution in [2.24, 2.45) is 20.5 Å². The van der Waals surface area contributed by atoms with Gasteiger partial charge in [-0.1, -0.05) is 107 Å². The number of nitrogens with zero attached hydrogens (tertiary/aromatic N) is 4. The molecule has 0 spiro atoms. The van der Waals surface area contributed by atoms with Crippen LogP contribution in [0.3, 0.4) is 0 Å². The van der Waals surface area contributed by atoms with E-state index in [0.717, 1.165) is 13.8 Å². The van der Waals surface area contributed by atoms with Crippen LogP contribution in [0.2, 0.25) is 40.2 Å². The smallest absolute Gasteiger partial charge is 0.258 e. The highest BCUT2D eigenvalue weighted by Gasteiger charge is 2.27. The summed E-state index contributed by atoms with van der Waals surface area (Å²) in [5.74, 6) is -4.21. The Balaban J connectivity index is 1.32.